The standard InChI is InChI=1S/C18H30N4O2.2HI/c1-21(2,3)13-11-19-17(23)15-9-7-8-10-16(15)18(24)20-12-14-22(4,5)6;;/h7-10H,11-14H2,1-6H3;2*1H. The Balaban J connectivity index is 0. The number of carbonyl (C=O) groups excluding carboxylic acids is 2. The molecule has 1 rings (SSSR count). The molecule has 0 saturated heterocycles. The molecule has 0 fully saturated rings. The van der Waals surface area contributed by atoms with Crippen molar-refractivity contribution in [3.8, 4) is 0 Å². The number of likely N-dealkylation sites (N-methyl/N-ethyl adjacent to an activating group) is 2. The third kappa shape index (κ3) is 11.3. The Hall–Kier alpha value is -0.460. The van der Waals surface area contributed by atoms with Crippen LogP contribution in [0.4, 0.5) is 0 Å². The van der Waals surface area contributed by atoms with Crippen LogP contribution in [0.1, 0.15) is 20.7 Å². The van der Waals surface area contributed by atoms with E-state index in [4.69, 9.17) is 0 Å². The van der Waals surface area contributed by atoms with Gasteiger partial charge in [-0.2, -0.15) is 0 Å². The van der Waals surface area contributed by atoms with E-state index in [0.717, 1.165) is 22.1 Å². The van der Waals surface area contributed by atoms with Crippen molar-refractivity contribution in [3.63, 3.8) is 0 Å². The molecule has 0 aliphatic heterocycles. The zero-order chi connectivity index (χ0) is 18.4. The average Bonchev–Trinajstić information content (AvgIpc) is 2.44. The van der Waals surface area contributed by atoms with Gasteiger partial charge < -0.3 is 67.6 Å². The van der Waals surface area contributed by atoms with Gasteiger partial charge >= 0.3 is 0 Å². The molecule has 0 aromatic heterocycles. The summed E-state index contributed by atoms with van der Waals surface area (Å²) in [6, 6.07) is 6.93. The van der Waals surface area contributed by atoms with E-state index in [1.807, 2.05) is 0 Å². The molecule has 150 valence electrons. The van der Waals surface area contributed by atoms with Crippen LogP contribution in [0.3, 0.4) is 0 Å². The highest BCUT2D eigenvalue weighted by atomic mass is 127. The summed E-state index contributed by atoms with van der Waals surface area (Å²) < 4.78 is 1.54. The second-order valence-corrected chi connectivity index (χ2v) is 8.09. The van der Waals surface area contributed by atoms with E-state index in [1.165, 1.54) is 0 Å². The summed E-state index contributed by atoms with van der Waals surface area (Å²) in [5.41, 5.74) is 0.836. The van der Waals surface area contributed by atoms with Crippen LogP contribution in [0.5, 0.6) is 0 Å². The van der Waals surface area contributed by atoms with Crippen LogP contribution in [-0.4, -0.2) is 89.2 Å². The fourth-order valence-corrected chi connectivity index (χ4v) is 2.08. The normalized spacial score (nSPS) is 11.0. The predicted molar refractivity (Wildman–Crippen MR) is 96.9 cm³/mol. The molecule has 6 nitrogen and oxygen atoms in total. The number of hydrogen-bond acceptors (Lipinski definition) is 2. The van der Waals surface area contributed by atoms with Crippen LogP contribution in [0.25, 0.3) is 0 Å². The van der Waals surface area contributed by atoms with Crippen molar-refractivity contribution < 1.29 is 66.5 Å². The number of rotatable bonds is 8. The van der Waals surface area contributed by atoms with Gasteiger partial charge in [0.05, 0.1) is 79.6 Å². The largest absolute Gasteiger partial charge is 1.00 e. The van der Waals surface area contributed by atoms with Crippen LogP contribution in [0.15, 0.2) is 24.3 Å². The molecule has 0 heterocycles. The summed E-state index contributed by atoms with van der Waals surface area (Å²) >= 11 is 0. The van der Waals surface area contributed by atoms with Crippen molar-refractivity contribution in [2.45, 2.75) is 0 Å². The van der Waals surface area contributed by atoms with Gasteiger partial charge in [-0.15, -0.1) is 0 Å². The molecular weight excluding hydrogens is 558 g/mol. The van der Waals surface area contributed by atoms with Gasteiger partial charge in [0.15, 0.2) is 0 Å². The predicted octanol–water partition coefficient (Wildman–Crippen LogP) is -5.43. The third-order valence-corrected chi connectivity index (χ3v) is 3.55. The molecule has 0 spiro atoms. The molecule has 1 aromatic carbocycles. The lowest BCUT2D eigenvalue weighted by molar-refractivity contribution is -0.869. The van der Waals surface area contributed by atoms with Gasteiger partial charge in [0.2, 0.25) is 0 Å². The highest BCUT2D eigenvalue weighted by Gasteiger charge is 2.17. The lowest BCUT2D eigenvalue weighted by Crippen LogP contribution is -3.00. The van der Waals surface area contributed by atoms with Gasteiger partial charge in [-0.3, -0.25) is 9.59 Å². The molecule has 0 atom stereocenters. The number of carbonyl (C=O) groups is 2. The summed E-state index contributed by atoms with van der Waals surface area (Å²) in [6.07, 6.45) is 0. The summed E-state index contributed by atoms with van der Waals surface area (Å²) in [5, 5.41) is 5.79. The number of quaternary nitrogens is 2. The Morgan fingerprint density at radius 2 is 1.04 bits per heavy atom. The van der Waals surface area contributed by atoms with Gasteiger partial charge in [0, 0.05) is 0 Å². The number of amides is 2. The summed E-state index contributed by atoms with van der Waals surface area (Å²) in [7, 11) is 12.4. The van der Waals surface area contributed by atoms with E-state index in [1.54, 1.807) is 24.3 Å². The van der Waals surface area contributed by atoms with Crippen molar-refractivity contribution in [2.24, 2.45) is 0 Å². The van der Waals surface area contributed by atoms with Crippen LogP contribution >= 0.6 is 0 Å². The van der Waals surface area contributed by atoms with Crippen molar-refractivity contribution in [2.75, 3.05) is 68.5 Å². The van der Waals surface area contributed by atoms with Gasteiger partial charge in [-0.1, -0.05) is 12.1 Å². The van der Waals surface area contributed by atoms with Gasteiger partial charge in [0.25, 0.3) is 11.8 Å². The zero-order valence-corrected chi connectivity index (χ0v) is 20.9. The molecular formula is C18H32I2N4O2. The number of benzene rings is 1. The van der Waals surface area contributed by atoms with E-state index in [9.17, 15) is 9.59 Å². The Morgan fingerprint density at radius 3 is 1.31 bits per heavy atom. The molecule has 2 amide bonds. The van der Waals surface area contributed by atoms with Gasteiger partial charge in [0.1, 0.15) is 0 Å². The lowest BCUT2D eigenvalue weighted by Gasteiger charge is -2.24. The molecule has 1 aromatic rings. The summed E-state index contributed by atoms with van der Waals surface area (Å²) in [5.74, 6) is -0.415. The Labute approximate surface area is 191 Å². The number of hydrogen-bond donors (Lipinski definition) is 2. The summed E-state index contributed by atoms with van der Waals surface area (Å²) in [6.45, 7) is 2.78. The smallest absolute Gasteiger partial charge is 0.252 e. The first-order valence-corrected chi connectivity index (χ1v) is 8.26. The average molecular weight is 590 g/mol. The third-order valence-electron chi connectivity index (χ3n) is 3.55. The number of nitrogens with zero attached hydrogens (tertiary/aromatic N) is 2. The molecule has 0 aliphatic carbocycles. The highest BCUT2D eigenvalue weighted by molar-refractivity contribution is 6.07. The van der Waals surface area contributed by atoms with Crippen molar-refractivity contribution in [1.29, 1.82) is 0 Å². The molecule has 0 bridgehead atoms. The molecule has 0 radical (unpaired) electrons. The topological polar surface area (TPSA) is 58.2 Å². The van der Waals surface area contributed by atoms with Crippen LogP contribution < -0.4 is 58.6 Å². The summed E-state index contributed by atoms with van der Waals surface area (Å²) in [4.78, 5) is 24.8. The van der Waals surface area contributed by atoms with Crippen molar-refractivity contribution in [1.82, 2.24) is 10.6 Å². The molecule has 0 saturated carbocycles. The SMILES string of the molecule is C[N+](C)(C)CCNC(=O)c1ccccc1C(=O)NCC[N+](C)(C)C.[I-].[I-]. The molecule has 26 heavy (non-hydrogen) atoms. The minimum Gasteiger partial charge on any atom is -1.00 e. The van der Waals surface area contributed by atoms with Crippen LogP contribution in [0, 0.1) is 0 Å². The van der Waals surface area contributed by atoms with Gasteiger partial charge in [-0.05, 0) is 12.1 Å². The molecule has 8 heteroatoms. The maximum atomic E-state index is 12.4. The Bertz CT molecular complexity index is 530. The Morgan fingerprint density at radius 1 is 0.731 bits per heavy atom. The van der Waals surface area contributed by atoms with E-state index >= 15 is 0 Å². The second-order valence-electron chi connectivity index (χ2n) is 8.09. The monoisotopic (exact) mass is 590 g/mol. The van der Waals surface area contributed by atoms with Crippen molar-refractivity contribution in [3.05, 3.63) is 35.4 Å². The van der Waals surface area contributed by atoms with Crippen LogP contribution in [0.2, 0.25) is 0 Å². The fourth-order valence-electron chi connectivity index (χ4n) is 2.08. The second kappa shape index (κ2) is 12.1. The minimum absolute atomic E-state index is 0. The molecule has 2 N–H and O–H groups in total. The van der Waals surface area contributed by atoms with E-state index in [-0.39, 0.29) is 59.8 Å². The van der Waals surface area contributed by atoms with Crippen molar-refractivity contribution >= 4 is 11.8 Å². The minimum atomic E-state index is -0.208. The Kier molecular flexibility index (Phi) is 12.9. The lowest BCUT2D eigenvalue weighted by atomic mass is 10.1. The maximum absolute atomic E-state index is 12.4. The van der Waals surface area contributed by atoms with E-state index < -0.39 is 0 Å². The number of nitrogens with one attached hydrogen (secondary N) is 2. The number of halogens is 2. The zero-order valence-electron chi connectivity index (χ0n) is 16.6. The van der Waals surface area contributed by atoms with E-state index in [0.29, 0.717) is 24.2 Å². The first-order chi connectivity index (χ1) is 11.0. The maximum Gasteiger partial charge on any atom is 0.252 e. The van der Waals surface area contributed by atoms with Crippen LogP contribution in [-0.2, 0) is 0 Å². The molecule has 0 aliphatic rings. The first kappa shape index (κ1) is 27.8. The van der Waals surface area contributed by atoms with Gasteiger partial charge in [-0.25, -0.2) is 0 Å². The molecule has 0 unspecified atom stereocenters. The highest BCUT2D eigenvalue weighted by Crippen LogP contribution is 2.09. The quantitative estimate of drug-likeness (QED) is 0.235. The van der Waals surface area contributed by atoms with E-state index in [2.05, 4.69) is 52.9 Å². The first-order valence-electron chi connectivity index (χ1n) is 8.26. The fraction of sp³-hybridized carbons (Fsp3) is 0.556.